The molecule has 0 atom stereocenters. The number of benzene rings is 3. The molecule has 5 rings (SSSR count). The Morgan fingerprint density at radius 2 is 1.75 bits per heavy atom. The highest BCUT2D eigenvalue weighted by molar-refractivity contribution is 7.12. The Labute approximate surface area is 215 Å². The molecule has 0 bridgehead atoms. The third-order valence-electron chi connectivity index (χ3n) is 6.37. The van der Waals surface area contributed by atoms with Gasteiger partial charge in [-0.2, -0.15) is 0 Å². The molecule has 0 fully saturated rings. The monoisotopic (exact) mass is 497 g/mol. The summed E-state index contributed by atoms with van der Waals surface area (Å²) in [6, 6.07) is 26.7. The first-order chi connectivity index (χ1) is 17.8. The van der Waals surface area contributed by atoms with Crippen LogP contribution in [0.1, 0.15) is 41.2 Å². The first-order valence-electron chi connectivity index (χ1n) is 12.7. The largest absolute Gasteiger partial charge is 0.493 e. The van der Waals surface area contributed by atoms with Crippen molar-refractivity contribution in [3.05, 3.63) is 94.9 Å². The highest BCUT2D eigenvalue weighted by Crippen LogP contribution is 2.25. The van der Waals surface area contributed by atoms with Crippen LogP contribution in [0.2, 0.25) is 0 Å². The Morgan fingerprint density at radius 3 is 2.67 bits per heavy atom. The van der Waals surface area contributed by atoms with Crippen LogP contribution < -0.4 is 10.1 Å². The van der Waals surface area contributed by atoms with Gasteiger partial charge in [0.05, 0.1) is 22.5 Å². The molecule has 0 radical (unpaired) electrons. The molecule has 6 heteroatoms. The molecule has 2 heterocycles. The van der Waals surface area contributed by atoms with E-state index in [0.717, 1.165) is 66.0 Å². The molecule has 5 aromatic rings. The van der Waals surface area contributed by atoms with E-state index >= 15 is 0 Å². The van der Waals surface area contributed by atoms with Crippen LogP contribution in [0.3, 0.4) is 0 Å². The van der Waals surface area contributed by atoms with Crippen LogP contribution in [0.25, 0.3) is 21.8 Å². The van der Waals surface area contributed by atoms with Gasteiger partial charge in [-0.1, -0.05) is 61.0 Å². The molecule has 1 amide bonds. The van der Waals surface area contributed by atoms with Crippen LogP contribution in [0.15, 0.2) is 84.2 Å². The van der Waals surface area contributed by atoms with Crippen molar-refractivity contribution in [2.45, 2.75) is 38.6 Å². The number of thiophene rings is 1. The number of imidazole rings is 1. The molecule has 0 aliphatic heterocycles. The number of amides is 1. The molecule has 36 heavy (non-hydrogen) atoms. The summed E-state index contributed by atoms with van der Waals surface area (Å²) in [7, 11) is 0. The molecule has 0 saturated heterocycles. The number of rotatable bonds is 12. The molecule has 3 aromatic carbocycles. The number of carbonyl (C=O) groups is 1. The number of aromatic nitrogens is 2. The normalized spacial score (nSPS) is 11.2. The van der Waals surface area contributed by atoms with Gasteiger partial charge in [0, 0.05) is 24.9 Å². The van der Waals surface area contributed by atoms with E-state index in [0.29, 0.717) is 13.2 Å². The first kappa shape index (κ1) is 24.1. The minimum Gasteiger partial charge on any atom is -0.493 e. The average Bonchev–Trinajstić information content (AvgIpc) is 3.57. The Bertz CT molecular complexity index is 1420. The van der Waals surface area contributed by atoms with Crippen molar-refractivity contribution in [1.29, 1.82) is 0 Å². The second-order valence-corrected chi connectivity index (χ2v) is 9.84. The third-order valence-corrected chi connectivity index (χ3v) is 7.24. The second-order valence-electron chi connectivity index (χ2n) is 8.89. The number of hydrogen-bond donors (Lipinski definition) is 1. The number of para-hydroxylation sites is 2. The first-order valence-corrected chi connectivity index (χ1v) is 13.5. The van der Waals surface area contributed by atoms with Crippen LogP contribution in [0.4, 0.5) is 0 Å². The van der Waals surface area contributed by atoms with Gasteiger partial charge in [-0.15, -0.1) is 11.3 Å². The zero-order valence-corrected chi connectivity index (χ0v) is 21.2. The summed E-state index contributed by atoms with van der Waals surface area (Å²) in [5.74, 6) is 2.09. The summed E-state index contributed by atoms with van der Waals surface area (Å²) < 4.78 is 8.52. The van der Waals surface area contributed by atoms with Crippen molar-refractivity contribution >= 4 is 39.0 Å². The third kappa shape index (κ3) is 5.77. The van der Waals surface area contributed by atoms with Crippen molar-refractivity contribution in [2.24, 2.45) is 0 Å². The fourth-order valence-corrected chi connectivity index (χ4v) is 5.21. The van der Waals surface area contributed by atoms with Gasteiger partial charge < -0.3 is 14.6 Å². The number of carbonyl (C=O) groups excluding carboxylic acids is 1. The summed E-state index contributed by atoms with van der Waals surface area (Å²) >= 11 is 1.48. The molecular formula is C30H31N3O2S. The maximum Gasteiger partial charge on any atom is 0.261 e. The summed E-state index contributed by atoms with van der Waals surface area (Å²) in [4.78, 5) is 17.8. The molecule has 0 unspecified atom stereocenters. The predicted octanol–water partition coefficient (Wildman–Crippen LogP) is 6.86. The minimum atomic E-state index is 0.0255. The van der Waals surface area contributed by atoms with E-state index in [2.05, 4.69) is 58.4 Å². The maximum atomic E-state index is 12.1. The maximum absolute atomic E-state index is 12.1. The average molecular weight is 498 g/mol. The predicted molar refractivity (Wildman–Crippen MR) is 148 cm³/mol. The lowest BCUT2D eigenvalue weighted by atomic mass is 10.1. The molecule has 0 spiro atoms. The van der Waals surface area contributed by atoms with Gasteiger partial charge in [-0.05, 0) is 54.3 Å². The molecule has 5 nitrogen and oxygen atoms in total. The van der Waals surface area contributed by atoms with Gasteiger partial charge in [-0.25, -0.2) is 4.98 Å². The Morgan fingerprint density at radius 1 is 0.889 bits per heavy atom. The van der Waals surface area contributed by atoms with Crippen LogP contribution in [-0.2, 0) is 13.0 Å². The lowest BCUT2D eigenvalue weighted by molar-refractivity contribution is 0.0957. The van der Waals surface area contributed by atoms with Crippen molar-refractivity contribution in [3.63, 3.8) is 0 Å². The lowest BCUT2D eigenvalue weighted by Crippen LogP contribution is -2.23. The van der Waals surface area contributed by atoms with Crippen molar-refractivity contribution in [3.8, 4) is 5.75 Å². The SMILES string of the molecule is O=C(NCCCCCc1nc2ccccc2n1CCCOc1cccc2ccccc12)c1cccs1. The van der Waals surface area contributed by atoms with Crippen molar-refractivity contribution in [2.75, 3.05) is 13.2 Å². The molecular weight excluding hydrogens is 466 g/mol. The van der Waals surface area contributed by atoms with E-state index in [1.54, 1.807) is 0 Å². The van der Waals surface area contributed by atoms with E-state index in [1.165, 1.54) is 22.2 Å². The number of unbranched alkanes of at least 4 members (excludes halogenated alkanes) is 2. The second kappa shape index (κ2) is 11.9. The fraction of sp³-hybridized carbons (Fsp3) is 0.267. The topological polar surface area (TPSA) is 56.2 Å². The highest BCUT2D eigenvalue weighted by Gasteiger charge is 2.11. The van der Waals surface area contributed by atoms with Crippen LogP contribution >= 0.6 is 11.3 Å². The van der Waals surface area contributed by atoms with E-state index < -0.39 is 0 Å². The summed E-state index contributed by atoms with van der Waals surface area (Å²) in [6.45, 7) is 2.24. The standard InChI is InChI=1S/C30H31N3O2S/c34-30(28-17-9-22-36-28)31-19-7-1-2-18-29-32-25-14-5-6-15-26(25)33(29)20-10-21-35-27-16-8-12-23-11-3-4-13-24(23)27/h3-6,8-9,11-17,22H,1-2,7,10,18-21H2,(H,31,34). The molecule has 184 valence electrons. The zero-order chi connectivity index (χ0) is 24.6. The summed E-state index contributed by atoms with van der Waals surface area (Å²) in [5, 5.41) is 7.29. The number of aryl methyl sites for hydroxylation is 2. The van der Waals surface area contributed by atoms with E-state index in [4.69, 9.17) is 9.72 Å². The Balaban J connectivity index is 1.13. The summed E-state index contributed by atoms with van der Waals surface area (Å²) in [6.07, 6.45) is 4.90. The molecule has 0 aliphatic carbocycles. The van der Waals surface area contributed by atoms with Gasteiger partial charge >= 0.3 is 0 Å². The van der Waals surface area contributed by atoms with Gasteiger partial charge in [0.15, 0.2) is 0 Å². The van der Waals surface area contributed by atoms with Crippen LogP contribution in [-0.4, -0.2) is 28.6 Å². The Hall–Kier alpha value is -3.64. The molecule has 2 aromatic heterocycles. The smallest absolute Gasteiger partial charge is 0.261 e. The van der Waals surface area contributed by atoms with Crippen LogP contribution in [0.5, 0.6) is 5.75 Å². The number of fused-ring (bicyclic) bond motifs is 2. The Kier molecular flexibility index (Phi) is 7.93. The number of ether oxygens (including phenoxy) is 1. The minimum absolute atomic E-state index is 0.0255. The summed E-state index contributed by atoms with van der Waals surface area (Å²) in [5.41, 5.74) is 2.23. The van der Waals surface area contributed by atoms with Gasteiger partial charge in [0.2, 0.25) is 0 Å². The molecule has 1 N–H and O–H groups in total. The van der Waals surface area contributed by atoms with Crippen LogP contribution in [0, 0.1) is 0 Å². The highest BCUT2D eigenvalue weighted by atomic mass is 32.1. The quantitative estimate of drug-likeness (QED) is 0.192. The van der Waals surface area contributed by atoms with Crippen molar-refractivity contribution < 1.29 is 9.53 Å². The molecule has 0 aliphatic rings. The van der Waals surface area contributed by atoms with Gasteiger partial charge in [-0.3, -0.25) is 4.79 Å². The fourth-order valence-electron chi connectivity index (χ4n) is 4.57. The van der Waals surface area contributed by atoms with Gasteiger partial charge in [0.1, 0.15) is 11.6 Å². The van der Waals surface area contributed by atoms with E-state index in [1.807, 2.05) is 35.7 Å². The number of hydrogen-bond acceptors (Lipinski definition) is 4. The lowest BCUT2D eigenvalue weighted by Gasteiger charge is -2.12. The van der Waals surface area contributed by atoms with Crippen molar-refractivity contribution in [1.82, 2.24) is 14.9 Å². The van der Waals surface area contributed by atoms with Gasteiger partial charge in [0.25, 0.3) is 5.91 Å². The molecule has 0 saturated carbocycles. The number of nitrogens with one attached hydrogen (secondary N) is 1. The zero-order valence-electron chi connectivity index (χ0n) is 20.4. The van der Waals surface area contributed by atoms with E-state index in [-0.39, 0.29) is 5.91 Å². The van der Waals surface area contributed by atoms with E-state index in [9.17, 15) is 4.79 Å². The number of nitrogens with zero attached hydrogens (tertiary/aromatic N) is 2.